The van der Waals surface area contributed by atoms with Gasteiger partial charge in [-0.3, -0.25) is 4.90 Å². The maximum atomic E-state index is 6.36. The van der Waals surface area contributed by atoms with Crippen molar-refractivity contribution in [2.45, 2.75) is 12.6 Å². The number of piperazine rings is 1. The van der Waals surface area contributed by atoms with Gasteiger partial charge in [-0.2, -0.15) is 0 Å². The predicted molar refractivity (Wildman–Crippen MR) is 127 cm³/mol. The molecule has 0 radical (unpaired) electrons. The largest absolute Gasteiger partial charge is 0.489 e. The molecule has 0 aliphatic carbocycles. The van der Waals surface area contributed by atoms with E-state index in [4.69, 9.17) is 4.74 Å². The fraction of sp³-hybridized carbons (Fsp3) is 0.214. The lowest BCUT2D eigenvalue weighted by molar-refractivity contribution is 0.193. The molecule has 4 aromatic rings. The molecule has 1 aliphatic heterocycles. The molecule has 3 heteroatoms. The number of hydrogen-bond acceptors (Lipinski definition) is 3. The summed E-state index contributed by atoms with van der Waals surface area (Å²) in [5.41, 5.74) is 3.73. The van der Waals surface area contributed by atoms with Crippen LogP contribution >= 0.6 is 0 Å². The van der Waals surface area contributed by atoms with Crippen molar-refractivity contribution in [3.63, 3.8) is 0 Å². The highest BCUT2D eigenvalue weighted by Crippen LogP contribution is 2.36. The van der Waals surface area contributed by atoms with Gasteiger partial charge in [-0.15, -0.1) is 0 Å². The van der Waals surface area contributed by atoms with Gasteiger partial charge in [0.05, 0.1) is 6.04 Å². The first-order chi connectivity index (χ1) is 15.4. The molecule has 1 aliphatic rings. The van der Waals surface area contributed by atoms with Crippen LogP contribution in [-0.2, 0) is 6.61 Å². The van der Waals surface area contributed by atoms with Gasteiger partial charge in [0.15, 0.2) is 0 Å². The van der Waals surface area contributed by atoms with E-state index in [0.717, 1.165) is 31.9 Å². The first-order valence-corrected chi connectivity index (χ1v) is 11.1. The molecule has 1 unspecified atom stereocenters. The average molecular weight is 409 g/mol. The van der Waals surface area contributed by atoms with Crippen LogP contribution < -0.4 is 10.1 Å². The monoisotopic (exact) mass is 408 g/mol. The Hall–Kier alpha value is -3.14. The summed E-state index contributed by atoms with van der Waals surface area (Å²) < 4.78 is 6.36. The molecule has 1 saturated heterocycles. The van der Waals surface area contributed by atoms with E-state index in [1.54, 1.807) is 0 Å². The van der Waals surface area contributed by atoms with E-state index in [1.807, 2.05) is 6.07 Å². The van der Waals surface area contributed by atoms with Gasteiger partial charge in [0, 0.05) is 31.7 Å². The minimum atomic E-state index is 0.165. The Bertz CT molecular complexity index is 1140. The van der Waals surface area contributed by atoms with E-state index in [2.05, 4.69) is 101 Å². The molecule has 0 spiro atoms. The summed E-state index contributed by atoms with van der Waals surface area (Å²) in [6.07, 6.45) is 0. The topological polar surface area (TPSA) is 24.5 Å². The molecule has 0 aromatic heterocycles. The smallest absolute Gasteiger partial charge is 0.124 e. The lowest BCUT2D eigenvalue weighted by atomic mass is 9.93. The van der Waals surface area contributed by atoms with Gasteiger partial charge < -0.3 is 10.1 Å². The van der Waals surface area contributed by atoms with Crippen LogP contribution in [0.25, 0.3) is 10.8 Å². The molecule has 0 saturated carbocycles. The van der Waals surface area contributed by atoms with Crippen molar-refractivity contribution in [2.75, 3.05) is 26.2 Å². The van der Waals surface area contributed by atoms with Crippen LogP contribution in [0.1, 0.15) is 22.7 Å². The van der Waals surface area contributed by atoms with Crippen molar-refractivity contribution < 1.29 is 4.74 Å². The third-order valence-electron chi connectivity index (χ3n) is 6.06. The Labute approximate surface area is 184 Å². The highest BCUT2D eigenvalue weighted by Gasteiger charge is 2.26. The van der Waals surface area contributed by atoms with Gasteiger partial charge in [-0.25, -0.2) is 0 Å². The third kappa shape index (κ3) is 4.48. The van der Waals surface area contributed by atoms with Gasteiger partial charge in [0.2, 0.25) is 0 Å². The van der Waals surface area contributed by atoms with E-state index >= 15 is 0 Å². The Morgan fingerprint density at radius 2 is 1.45 bits per heavy atom. The molecule has 1 N–H and O–H groups in total. The van der Waals surface area contributed by atoms with E-state index in [9.17, 15) is 0 Å². The van der Waals surface area contributed by atoms with E-state index in [1.165, 1.54) is 27.5 Å². The summed E-state index contributed by atoms with van der Waals surface area (Å²) in [5, 5.41) is 6.05. The zero-order valence-corrected chi connectivity index (χ0v) is 17.7. The molecular weight excluding hydrogens is 380 g/mol. The molecule has 4 aromatic carbocycles. The second-order valence-electron chi connectivity index (χ2n) is 8.11. The number of nitrogens with one attached hydrogen (secondary N) is 1. The van der Waals surface area contributed by atoms with Crippen LogP contribution in [0.3, 0.4) is 0 Å². The Morgan fingerprint density at radius 3 is 2.29 bits per heavy atom. The first-order valence-electron chi connectivity index (χ1n) is 11.1. The molecule has 1 atom stereocenters. The summed E-state index contributed by atoms with van der Waals surface area (Å²) in [6, 6.07) is 34.5. The first kappa shape index (κ1) is 19.8. The van der Waals surface area contributed by atoms with Crippen molar-refractivity contribution >= 4 is 10.8 Å². The van der Waals surface area contributed by atoms with Crippen LogP contribution in [0.2, 0.25) is 0 Å². The van der Waals surface area contributed by atoms with E-state index in [0.29, 0.717) is 6.61 Å². The number of nitrogens with zero attached hydrogens (tertiary/aromatic N) is 1. The van der Waals surface area contributed by atoms with Crippen LogP contribution in [0, 0.1) is 0 Å². The quantitative estimate of drug-likeness (QED) is 0.461. The number of para-hydroxylation sites is 1. The second kappa shape index (κ2) is 9.34. The second-order valence-corrected chi connectivity index (χ2v) is 8.11. The zero-order valence-electron chi connectivity index (χ0n) is 17.7. The standard InChI is InChI=1S/C28H28N2O/c1-2-8-22(9-3-1)21-31-27-13-7-6-12-26(27)28(30-18-16-29-17-19-30)25-15-14-23-10-4-5-11-24(23)20-25/h1-15,20,28-29H,16-19,21H2. The van der Waals surface area contributed by atoms with Crippen molar-refractivity contribution in [1.82, 2.24) is 10.2 Å². The number of benzene rings is 4. The Morgan fingerprint density at radius 1 is 0.742 bits per heavy atom. The molecule has 156 valence electrons. The number of hydrogen-bond donors (Lipinski definition) is 1. The average Bonchev–Trinajstić information content (AvgIpc) is 2.85. The minimum Gasteiger partial charge on any atom is -0.489 e. The Balaban J connectivity index is 1.53. The molecule has 0 amide bonds. The highest BCUT2D eigenvalue weighted by molar-refractivity contribution is 5.83. The minimum absolute atomic E-state index is 0.165. The number of ether oxygens (including phenoxy) is 1. The van der Waals surface area contributed by atoms with E-state index in [-0.39, 0.29) is 6.04 Å². The SMILES string of the molecule is c1ccc(COc2ccccc2C(c2ccc3ccccc3c2)N2CCNCC2)cc1. The molecule has 3 nitrogen and oxygen atoms in total. The van der Waals surface area contributed by atoms with Gasteiger partial charge in [-0.05, 0) is 34.0 Å². The predicted octanol–water partition coefficient (Wildman–Crippen LogP) is 5.41. The van der Waals surface area contributed by atoms with Gasteiger partial charge >= 0.3 is 0 Å². The fourth-order valence-electron chi connectivity index (χ4n) is 4.48. The van der Waals surface area contributed by atoms with Crippen molar-refractivity contribution in [3.05, 3.63) is 114 Å². The maximum absolute atomic E-state index is 6.36. The van der Waals surface area contributed by atoms with Gasteiger partial charge in [-0.1, -0.05) is 84.9 Å². The molecule has 0 bridgehead atoms. The summed E-state index contributed by atoms with van der Waals surface area (Å²) in [5.74, 6) is 0.961. The molecule has 31 heavy (non-hydrogen) atoms. The van der Waals surface area contributed by atoms with E-state index < -0.39 is 0 Å². The number of fused-ring (bicyclic) bond motifs is 1. The van der Waals surface area contributed by atoms with Gasteiger partial charge in [0.1, 0.15) is 12.4 Å². The zero-order chi connectivity index (χ0) is 20.9. The van der Waals surface area contributed by atoms with Crippen LogP contribution in [0.4, 0.5) is 0 Å². The molecule has 1 heterocycles. The molecular formula is C28H28N2O. The normalized spacial score (nSPS) is 15.6. The molecule has 1 fully saturated rings. The summed E-state index contributed by atoms with van der Waals surface area (Å²) >= 11 is 0. The lowest BCUT2D eigenvalue weighted by Crippen LogP contribution is -2.45. The van der Waals surface area contributed by atoms with Crippen LogP contribution in [0.5, 0.6) is 5.75 Å². The fourth-order valence-corrected chi connectivity index (χ4v) is 4.48. The lowest BCUT2D eigenvalue weighted by Gasteiger charge is -2.36. The summed E-state index contributed by atoms with van der Waals surface area (Å²) in [4.78, 5) is 2.57. The Kier molecular flexibility index (Phi) is 5.96. The van der Waals surface area contributed by atoms with Crippen molar-refractivity contribution in [2.24, 2.45) is 0 Å². The summed E-state index contributed by atoms with van der Waals surface area (Å²) in [6.45, 7) is 4.63. The highest BCUT2D eigenvalue weighted by atomic mass is 16.5. The maximum Gasteiger partial charge on any atom is 0.124 e. The summed E-state index contributed by atoms with van der Waals surface area (Å²) in [7, 11) is 0. The molecule has 5 rings (SSSR count). The van der Waals surface area contributed by atoms with Crippen LogP contribution in [0.15, 0.2) is 97.1 Å². The van der Waals surface area contributed by atoms with Gasteiger partial charge in [0.25, 0.3) is 0 Å². The van der Waals surface area contributed by atoms with Crippen molar-refractivity contribution in [3.8, 4) is 5.75 Å². The third-order valence-corrected chi connectivity index (χ3v) is 6.06. The van der Waals surface area contributed by atoms with Crippen molar-refractivity contribution in [1.29, 1.82) is 0 Å². The number of rotatable bonds is 6. The van der Waals surface area contributed by atoms with Crippen LogP contribution in [-0.4, -0.2) is 31.1 Å².